The number of hydrogen-bond donors (Lipinski definition) is 1. The fraction of sp³-hybridized carbons (Fsp3) is 0.250. The monoisotopic (exact) mass is 420 g/mol. The maximum absolute atomic E-state index is 12.6. The first kappa shape index (κ1) is 20.3. The molecule has 0 saturated carbocycles. The van der Waals surface area contributed by atoms with Crippen molar-refractivity contribution in [2.24, 2.45) is 5.73 Å². The van der Waals surface area contributed by atoms with Gasteiger partial charge in [-0.3, -0.25) is 0 Å². The van der Waals surface area contributed by atoms with Crippen LogP contribution in [0.4, 0.5) is 5.69 Å². The molecule has 0 fully saturated rings. The number of fused-ring (bicyclic) bond motifs is 2. The van der Waals surface area contributed by atoms with Gasteiger partial charge in [0.2, 0.25) is 5.52 Å². The summed E-state index contributed by atoms with van der Waals surface area (Å²) < 4.78 is 9.03. The Kier molecular flexibility index (Phi) is 5.97. The van der Waals surface area contributed by atoms with Crippen LogP contribution in [0.1, 0.15) is 24.4 Å². The predicted molar refractivity (Wildman–Crippen MR) is 126 cm³/mol. The van der Waals surface area contributed by atoms with E-state index in [1.54, 1.807) is 11.3 Å². The Hall–Kier alpha value is -2.96. The first-order chi connectivity index (χ1) is 14.6. The van der Waals surface area contributed by atoms with Crippen molar-refractivity contribution in [1.29, 1.82) is 0 Å². The van der Waals surface area contributed by atoms with Gasteiger partial charge >= 0.3 is 5.63 Å². The fourth-order valence-corrected chi connectivity index (χ4v) is 4.81. The molecule has 4 aromatic rings. The van der Waals surface area contributed by atoms with E-state index in [0.717, 1.165) is 41.2 Å². The third-order valence-electron chi connectivity index (χ3n) is 5.27. The lowest BCUT2D eigenvalue weighted by molar-refractivity contribution is -0.666. The fourth-order valence-electron chi connectivity index (χ4n) is 3.72. The topological polar surface area (TPSA) is 63.4 Å². The summed E-state index contributed by atoms with van der Waals surface area (Å²) in [6.45, 7) is 7.32. The van der Waals surface area contributed by atoms with Gasteiger partial charge in [-0.25, -0.2) is 4.79 Å². The van der Waals surface area contributed by atoms with Crippen LogP contribution >= 0.6 is 11.3 Å². The zero-order valence-electron chi connectivity index (χ0n) is 17.3. The molecule has 2 N–H and O–H groups in total. The Morgan fingerprint density at radius 1 is 1.10 bits per heavy atom. The number of nitrogens with zero attached hydrogens (tertiary/aromatic N) is 2. The SMILES string of the molecule is CCN(CC)c1ccc2cc(/C=C/c3sc4ccccc4[n+]3CCN)c(=O)oc2c1. The molecule has 0 radical (unpaired) electrons. The lowest BCUT2D eigenvalue weighted by Crippen LogP contribution is -2.38. The van der Waals surface area contributed by atoms with Crippen molar-refractivity contribution < 1.29 is 8.98 Å². The molecule has 4 rings (SSSR count). The van der Waals surface area contributed by atoms with Gasteiger partial charge in [-0.2, -0.15) is 4.57 Å². The van der Waals surface area contributed by atoms with Gasteiger partial charge in [0.15, 0.2) is 6.54 Å². The van der Waals surface area contributed by atoms with Crippen LogP contribution in [0.25, 0.3) is 33.3 Å². The second-order valence-electron chi connectivity index (χ2n) is 7.07. The van der Waals surface area contributed by atoms with E-state index < -0.39 is 0 Å². The number of hydrogen-bond acceptors (Lipinski definition) is 5. The zero-order chi connectivity index (χ0) is 21.1. The summed E-state index contributed by atoms with van der Waals surface area (Å²) in [7, 11) is 0. The third kappa shape index (κ3) is 3.88. The smallest absolute Gasteiger partial charge is 0.343 e. The van der Waals surface area contributed by atoms with Crippen molar-refractivity contribution in [3.8, 4) is 0 Å². The van der Waals surface area contributed by atoms with Crippen molar-refractivity contribution in [1.82, 2.24) is 0 Å². The van der Waals surface area contributed by atoms with Crippen molar-refractivity contribution >= 4 is 50.4 Å². The Labute approximate surface area is 179 Å². The highest BCUT2D eigenvalue weighted by atomic mass is 32.1. The largest absolute Gasteiger partial charge is 0.422 e. The highest BCUT2D eigenvalue weighted by Crippen LogP contribution is 2.24. The summed E-state index contributed by atoms with van der Waals surface area (Å²) in [5.41, 5.74) is 8.85. The summed E-state index contributed by atoms with van der Waals surface area (Å²) in [4.78, 5) is 14.8. The molecule has 0 atom stereocenters. The van der Waals surface area contributed by atoms with Crippen LogP contribution in [-0.2, 0) is 6.54 Å². The standard InChI is InChI=1S/C24H26N3O2S/c1-3-26(4-2)19-11-9-17-15-18(24(28)29-21(17)16-19)10-12-23-27(14-13-25)20-7-5-6-8-22(20)30-23/h5-12,15-16H,3-4,13-14,25H2,1-2H3/q+1. The number of rotatable bonds is 7. The van der Waals surface area contributed by atoms with Gasteiger partial charge in [-0.15, -0.1) is 0 Å². The molecule has 0 aliphatic carbocycles. The van der Waals surface area contributed by atoms with Gasteiger partial charge in [-0.05, 0) is 44.2 Å². The van der Waals surface area contributed by atoms with E-state index in [1.165, 1.54) is 4.70 Å². The predicted octanol–water partition coefficient (Wildman–Crippen LogP) is 4.27. The minimum Gasteiger partial charge on any atom is -0.422 e. The average Bonchev–Trinajstić information content (AvgIpc) is 3.11. The summed E-state index contributed by atoms with van der Waals surface area (Å²) in [5, 5.41) is 1.97. The molecule has 2 heterocycles. The molecular formula is C24H26N3O2S+. The molecule has 0 spiro atoms. The Morgan fingerprint density at radius 3 is 2.67 bits per heavy atom. The van der Waals surface area contributed by atoms with Crippen LogP contribution in [0.5, 0.6) is 0 Å². The van der Waals surface area contributed by atoms with Gasteiger partial charge in [0, 0.05) is 42.4 Å². The van der Waals surface area contributed by atoms with Crippen LogP contribution in [0.2, 0.25) is 0 Å². The van der Waals surface area contributed by atoms with Crippen molar-refractivity contribution in [3.63, 3.8) is 0 Å². The van der Waals surface area contributed by atoms with Crippen LogP contribution in [0, 0.1) is 0 Å². The minimum absolute atomic E-state index is 0.332. The summed E-state index contributed by atoms with van der Waals surface area (Å²) >= 11 is 1.69. The Bertz CT molecular complexity index is 1270. The molecule has 5 nitrogen and oxygen atoms in total. The highest BCUT2D eigenvalue weighted by molar-refractivity contribution is 7.18. The average molecular weight is 421 g/mol. The molecule has 2 aromatic heterocycles. The van der Waals surface area contributed by atoms with Crippen molar-refractivity contribution in [3.05, 3.63) is 69.5 Å². The van der Waals surface area contributed by atoms with E-state index in [0.29, 0.717) is 17.7 Å². The third-order valence-corrected chi connectivity index (χ3v) is 6.40. The van der Waals surface area contributed by atoms with E-state index in [2.05, 4.69) is 41.5 Å². The Morgan fingerprint density at radius 2 is 1.90 bits per heavy atom. The molecular weight excluding hydrogens is 394 g/mol. The van der Waals surface area contributed by atoms with Gasteiger partial charge in [-0.1, -0.05) is 23.5 Å². The zero-order valence-corrected chi connectivity index (χ0v) is 18.1. The summed E-state index contributed by atoms with van der Waals surface area (Å²) in [6.07, 6.45) is 3.81. The number of aromatic nitrogens is 1. The molecule has 0 amide bonds. The van der Waals surface area contributed by atoms with Crippen LogP contribution in [0.15, 0.2) is 57.7 Å². The van der Waals surface area contributed by atoms with Gasteiger partial charge in [0.05, 0.1) is 12.1 Å². The maximum Gasteiger partial charge on any atom is 0.343 e. The second kappa shape index (κ2) is 8.81. The molecule has 154 valence electrons. The first-order valence-corrected chi connectivity index (χ1v) is 11.1. The Balaban J connectivity index is 1.72. The second-order valence-corrected chi connectivity index (χ2v) is 8.13. The molecule has 0 unspecified atom stereocenters. The minimum atomic E-state index is -0.332. The van der Waals surface area contributed by atoms with E-state index in [4.69, 9.17) is 10.2 Å². The van der Waals surface area contributed by atoms with Gasteiger partial charge < -0.3 is 15.1 Å². The first-order valence-electron chi connectivity index (χ1n) is 10.3. The molecule has 0 aliphatic rings. The van der Waals surface area contributed by atoms with E-state index >= 15 is 0 Å². The molecule has 2 aromatic carbocycles. The molecule has 0 saturated heterocycles. The normalized spacial score (nSPS) is 11.7. The van der Waals surface area contributed by atoms with Crippen LogP contribution < -0.4 is 20.8 Å². The maximum atomic E-state index is 12.6. The quantitative estimate of drug-likeness (QED) is 0.358. The number of anilines is 1. The molecule has 0 bridgehead atoms. The van der Waals surface area contributed by atoms with Crippen molar-refractivity contribution in [2.75, 3.05) is 24.5 Å². The highest BCUT2D eigenvalue weighted by Gasteiger charge is 2.17. The molecule has 30 heavy (non-hydrogen) atoms. The van der Waals surface area contributed by atoms with E-state index in [-0.39, 0.29) is 5.63 Å². The van der Waals surface area contributed by atoms with Crippen molar-refractivity contribution in [2.45, 2.75) is 20.4 Å². The number of thiazole rings is 1. The van der Waals surface area contributed by atoms with E-state index in [1.807, 2.05) is 42.5 Å². The van der Waals surface area contributed by atoms with E-state index in [9.17, 15) is 4.79 Å². The van der Waals surface area contributed by atoms with Crippen LogP contribution in [-0.4, -0.2) is 19.6 Å². The summed E-state index contributed by atoms with van der Waals surface area (Å²) in [5.74, 6) is 0. The number of para-hydroxylation sites is 1. The van der Waals surface area contributed by atoms with Gasteiger partial charge in [0.1, 0.15) is 10.3 Å². The number of nitrogens with two attached hydrogens (primary N) is 1. The lowest BCUT2D eigenvalue weighted by atomic mass is 10.1. The number of benzene rings is 2. The molecule has 6 heteroatoms. The van der Waals surface area contributed by atoms with Gasteiger partial charge in [0.25, 0.3) is 5.01 Å². The lowest BCUT2D eigenvalue weighted by Gasteiger charge is -2.20. The molecule has 0 aliphatic heterocycles. The summed E-state index contributed by atoms with van der Waals surface area (Å²) in [6, 6.07) is 16.2. The van der Waals surface area contributed by atoms with Crippen LogP contribution in [0.3, 0.4) is 0 Å².